The molecule has 0 amide bonds. The van der Waals surface area contributed by atoms with Gasteiger partial charge in [-0.25, -0.2) is 4.98 Å². The van der Waals surface area contributed by atoms with Crippen LogP contribution in [0.3, 0.4) is 0 Å². The molecule has 2 bridgehead atoms. The highest BCUT2D eigenvalue weighted by atomic mass is 16.3. The summed E-state index contributed by atoms with van der Waals surface area (Å²) in [5.41, 5.74) is 4.03. The quantitative estimate of drug-likeness (QED) is 0.859. The zero-order valence-electron chi connectivity index (χ0n) is 15.4. The van der Waals surface area contributed by atoms with Crippen LogP contribution in [0.4, 0.5) is 0 Å². The van der Waals surface area contributed by atoms with Gasteiger partial charge in [-0.2, -0.15) is 0 Å². The van der Waals surface area contributed by atoms with E-state index in [0.29, 0.717) is 12.0 Å². The molecular weight excluding hydrogens is 322 g/mol. The van der Waals surface area contributed by atoms with Crippen LogP contribution in [-0.2, 0) is 0 Å². The zero-order chi connectivity index (χ0) is 17.5. The Hall–Kier alpha value is -1.65. The van der Waals surface area contributed by atoms with E-state index in [1.165, 1.54) is 49.0 Å². The zero-order valence-corrected chi connectivity index (χ0v) is 15.4. The van der Waals surface area contributed by atoms with Gasteiger partial charge in [0.15, 0.2) is 0 Å². The number of aliphatic hydroxyl groups excluding tert-OH is 1. The minimum atomic E-state index is -0.191. The molecule has 2 saturated carbocycles. The van der Waals surface area contributed by atoms with Crippen LogP contribution in [0.1, 0.15) is 43.7 Å². The summed E-state index contributed by atoms with van der Waals surface area (Å²) in [6.45, 7) is 1.22. The Morgan fingerprint density at radius 3 is 2.88 bits per heavy atom. The largest absolute Gasteiger partial charge is 0.392 e. The number of fused-ring (bicyclic) bond motifs is 5. The molecule has 5 aliphatic rings. The van der Waals surface area contributed by atoms with Crippen LogP contribution < -0.4 is 0 Å². The molecule has 1 aromatic heterocycles. The molecule has 0 radical (unpaired) electrons. The number of aromatic nitrogens is 2. The number of benzene rings is 1. The number of aliphatic hydroxyl groups is 1. The maximum Gasteiger partial charge on any atom is 0.0956 e. The minimum absolute atomic E-state index is 0.152. The Bertz CT molecular complexity index is 861. The molecule has 1 spiro atoms. The van der Waals surface area contributed by atoms with E-state index in [1.54, 1.807) is 0 Å². The van der Waals surface area contributed by atoms with Crippen molar-refractivity contribution in [3.8, 4) is 11.3 Å². The van der Waals surface area contributed by atoms with Crippen molar-refractivity contribution in [3.05, 3.63) is 42.4 Å². The number of piperidine rings is 1. The summed E-state index contributed by atoms with van der Waals surface area (Å²) in [4.78, 5) is 6.95. The molecule has 1 aromatic carbocycles. The molecule has 2 aromatic rings. The summed E-state index contributed by atoms with van der Waals surface area (Å²) >= 11 is 0. The second-order valence-electron chi connectivity index (χ2n) is 9.34. The van der Waals surface area contributed by atoms with Crippen molar-refractivity contribution >= 4 is 0 Å². The van der Waals surface area contributed by atoms with Gasteiger partial charge in [0, 0.05) is 24.1 Å². The van der Waals surface area contributed by atoms with Crippen LogP contribution in [0, 0.1) is 17.3 Å². The smallest absolute Gasteiger partial charge is 0.0956 e. The van der Waals surface area contributed by atoms with E-state index in [4.69, 9.17) is 0 Å². The highest BCUT2D eigenvalue weighted by Gasteiger charge is 2.60. The lowest BCUT2D eigenvalue weighted by Gasteiger charge is -2.55. The van der Waals surface area contributed by atoms with Crippen molar-refractivity contribution in [3.63, 3.8) is 0 Å². The number of imidazole rings is 1. The van der Waals surface area contributed by atoms with Gasteiger partial charge in [-0.3, -0.25) is 0 Å². The Kier molecular flexibility index (Phi) is 3.08. The summed E-state index contributed by atoms with van der Waals surface area (Å²) in [6.07, 6.45) is 9.97. The first-order chi connectivity index (χ1) is 12.7. The molecule has 4 heteroatoms. The van der Waals surface area contributed by atoms with Crippen LogP contribution in [0.5, 0.6) is 0 Å². The molecule has 6 atom stereocenters. The lowest BCUT2D eigenvalue weighted by molar-refractivity contribution is -0.145. The first-order valence-electron chi connectivity index (χ1n) is 10.2. The normalized spacial score (nSPS) is 40.9. The third-order valence-electron chi connectivity index (χ3n) is 8.02. The van der Waals surface area contributed by atoms with Crippen molar-refractivity contribution in [2.75, 3.05) is 13.6 Å². The average Bonchev–Trinajstić information content (AvgIpc) is 3.12. The van der Waals surface area contributed by atoms with E-state index < -0.39 is 0 Å². The van der Waals surface area contributed by atoms with Crippen molar-refractivity contribution < 1.29 is 5.11 Å². The molecule has 4 nitrogen and oxygen atoms in total. The number of hydrogen-bond donors (Lipinski definition) is 1. The Balaban J connectivity index is 1.34. The van der Waals surface area contributed by atoms with E-state index >= 15 is 0 Å². The van der Waals surface area contributed by atoms with Gasteiger partial charge in [0.25, 0.3) is 0 Å². The average molecular weight is 349 g/mol. The summed E-state index contributed by atoms with van der Waals surface area (Å²) in [7, 11) is 2.28. The number of nitrogens with zero attached hydrogens (tertiary/aromatic N) is 3. The summed E-state index contributed by atoms with van der Waals surface area (Å²) in [5, 5.41) is 11.5. The highest BCUT2D eigenvalue weighted by Crippen LogP contribution is 2.62. The third-order valence-corrected chi connectivity index (χ3v) is 8.02. The molecule has 3 aliphatic heterocycles. The number of hydrogen-bond acceptors (Lipinski definition) is 3. The number of rotatable bonds is 1. The van der Waals surface area contributed by atoms with Gasteiger partial charge in [0.2, 0.25) is 0 Å². The highest BCUT2D eigenvalue weighted by molar-refractivity contribution is 5.69. The fourth-order valence-corrected chi connectivity index (χ4v) is 6.85. The second-order valence-corrected chi connectivity index (χ2v) is 9.34. The summed E-state index contributed by atoms with van der Waals surface area (Å²) in [6, 6.07) is 9.61. The second kappa shape index (κ2) is 5.20. The fraction of sp³-hybridized carbons (Fsp3) is 0.591. The van der Waals surface area contributed by atoms with Crippen LogP contribution in [0.15, 0.2) is 36.8 Å². The van der Waals surface area contributed by atoms with E-state index in [0.717, 1.165) is 12.3 Å². The Morgan fingerprint density at radius 1 is 1.15 bits per heavy atom. The van der Waals surface area contributed by atoms with Crippen molar-refractivity contribution in [1.29, 1.82) is 0 Å². The molecule has 7 rings (SSSR count). The monoisotopic (exact) mass is 349 g/mol. The van der Waals surface area contributed by atoms with Crippen LogP contribution >= 0.6 is 0 Å². The van der Waals surface area contributed by atoms with Crippen LogP contribution in [-0.4, -0.2) is 45.3 Å². The molecule has 2 saturated heterocycles. The maximum absolute atomic E-state index is 11.5. The lowest BCUT2D eigenvalue weighted by Crippen LogP contribution is -2.56. The predicted octanol–water partition coefficient (Wildman–Crippen LogP) is 3.32. The first kappa shape index (κ1) is 15.4. The van der Waals surface area contributed by atoms with Gasteiger partial charge in [0.1, 0.15) is 0 Å². The van der Waals surface area contributed by atoms with Gasteiger partial charge in [-0.15, -0.1) is 0 Å². The summed E-state index contributed by atoms with van der Waals surface area (Å²) in [5.74, 6) is 1.09. The van der Waals surface area contributed by atoms with E-state index in [1.807, 2.05) is 12.5 Å². The topological polar surface area (TPSA) is 41.3 Å². The SMILES string of the molecule is CN1C[C@H]2CC[C@H]1C[C@@]1(C2)C[C@@H]([C@H]2c3ccccc3-c3cncn32)[C@H]1O. The Morgan fingerprint density at radius 2 is 2.04 bits per heavy atom. The fourth-order valence-electron chi connectivity index (χ4n) is 6.85. The molecule has 1 N–H and O–H groups in total. The molecule has 4 fully saturated rings. The van der Waals surface area contributed by atoms with Crippen LogP contribution in [0.25, 0.3) is 11.3 Å². The molecule has 4 heterocycles. The van der Waals surface area contributed by atoms with Gasteiger partial charge in [0.05, 0.1) is 30.4 Å². The molecule has 0 unspecified atom stereocenters. The van der Waals surface area contributed by atoms with Crippen molar-refractivity contribution in [2.45, 2.75) is 50.3 Å². The van der Waals surface area contributed by atoms with Gasteiger partial charge in [-0.1, -0.05) is 24.3 Å². The van der Waals surface area contributed by atoms with Gasteiger partial charge < -0.3 is 14.6 Å². The van der Waals surface area contributed by atoms with Crippen molar-refractivity contribution in [1.82, 2.24) is 14.5 Å². The first-order valence-corrected chi connectivity index (χ1v) is 10.2. The minimum Gasteiger partial charge on any atom is -0.392 e. The third kappa shape index (κ3) is 1.89. The van der Waals surface area contributed by atoms with Gasteiger partial charge >= 0.3 is 0 Å². The Labute approximate surface area is 154 Å². The molecule has 26 heavy (non-hydrogen) atoms. The van der Waals surface area contributed by atoms with Crippen LogP contribution in [0.2, 0.25) is 0 Å². The van der Waals surface area contributed by atoms with E-state index in [9.17, 15) is 5.11 Å². The molecule has 136 valence electrons. The van der Waals surface area contributed by atoms with Crippen molar-refractivity contribution in [2.24, 2.45) is 17.3 Å². The maximum atomic E-state index is 11.5. The predicted molar refractivity (Wildman–Crippen MR) is 101 cm³/mol. The summed E-state index contributed by atoms with van der Waals surface area (Å²) < 4.78 is 2.31. The van der Waals surface area contributed by atoms with Gasteiger partial charge in [-0.05, 0) is 56.0 Å². The standard InChI is InChI=1S/C22H27N3O/c1-24-12-14-6-7-15(24)9-22(8-14)10-18(21(22)26)20-17-5-3-2-4-16(17)19-11-23-13-25(19)20/h2-5,11,13-15,18,20-21,26H,6-10,12H2,1H3/t14-,15-,18-,20+,21+,22-/m0/s1. The van der Waals surface area contributed by atoms with E-state index in [-0.39, 0.29) is 17.6 Å². The molecule has 2 aliphatic carbocycles. The van der Waals surface area contributed by atoms with E-state index in [2.05, 4.69) is 45.8 Å². The molecular formula is C22H27N3O. The lowest BCUT2D eigenvalue weighted by atomic mass is 9.53.